The predicted octanol–water partition coefficient (Wildman–Crippen LogP) is 1.89. The second-order valence-electron chi connectivity index (χ2n) is 4.62. The van der Waals surface area contributed by atoms with Crippen LogP contribution >= 0.6 is 0 Å². The molecule has 0 fully saturated rings. The van der Waals surface area contributed by atoms with Gasteiger partial charge in [0.2, 0.25) is 0 Å². The van der Waals surface area contributed by atoms with Crippen LogP contribution in [0.5, 0.6) is 0 Å². The molecule has 0 aromatic heterocycles. The number of nitrogen functional groups attached to an aromatic ring is 1. The predicted molar refractivity (Wildman–Crippen MR) is 74.4 cm³/mol. The summed E-state index contributed by atoms with van der Waals surface area (Å²) in [6, 6.07) is 4.99. The molecule has 0 radical (unpaired) electrons. The largest absolute Gasteiger partial charge is 0.399 e. The number of anilines is 1. The van der Waals surface area contributed by atoms with Crippen LogP contribution in [0.4, 0.5) is 10.1 Å². The van der Waals surface area contributed by atoms with Gasteiger partial charge in [0.05, 0.1) is 13.2 Å². The summed E-state index contributed by atoms with van der Waals surface area (Å²) in [7, 11) is 3.32. The lowest BCUT2D eigenvalue weighted by Crippen LogP contribution is -2.38. The average molecular weight is 270 g/mol. The third-order valence-corrected chi connectivity index (χ3v) is 3.06. The fraction of sp³-hybridized carbons (Fsp3) is 0.571. The zero-order valence-corrected chi connectivity index (χ0v) is 11.9. The molecule has 0 saturated carbocycles. The third-order valence-electron chi connectivity index (χ3n) is 3.06. The molecular formula is C14H23FN2O2. The van der Waals surface area contributed by atoms with Crippen molar-refractivity contribution in [3.05, 3.63) is 29.6 Å². The van der Waals surface area contributed by atoms with Crippen LogP contribution in [-0.4, -0.2) is 44.9 Å². The number of rotatable bonds is 8. The van der Waals surface area contributed by atoms with Crippen LogP contribution in [0.25, 0.3) is 0 Å². The highest BCUT2D eigenvalue weighted by atomic mass is 19.1. The zero-order valence-electron chi connectivity index (χ0n) is 11.9. The Hall–Kier alpha value is -1.17. The van der Waals surface area contributed by atoms with Crippen molar-refractivity contribution in [1.82, 2.24) is 4.90 Å². The molecule has 1 atom stereocenters. The standard InChI is InChI=1S/C14H23FN2O2/c1-11(10-19-3)17(6-7-18-2)9-12-4-5-13(16)8-14(12)15/h4-5,8,11H,6-7,9-10,16H2,1-3H3. The van der Waals surface area contributed by atoms with E-state index in [1.165, 1.54) is 6.07 Å². The number of nitrogens with zero attached hydrogens (tertiary/aromatic N) is 1. The quantitative estimate of drug-likeness (QED) is 0.733. The number of methoxy groups -OCH3 is 2. The Morgan fingerprint density at radius 2 is 2.05 bits per heavy atom. The van der Waals surface area contributed by atoms with Crippen LogP contribution in [0.15, 0.2) is 18.2 Å². The van der Waals surface area contributed by atoms with Crippen LogP contribution in [0, 0.1) is 5.82 Å². The van der Waals surface area contributed by atoms with Gasteiger partial charge in [-0.1, -0.05) is 6.07 Å². The summed E-state index contributed by atoms with van der Waals surface area (Å²) in [5.74, 6) is -0.271. The Balaban J connectivity index is 2.74. The van der Waals surface area contributed by atoms with Gasteiger partial charge in [-0.25, -0.2) is 4.39 Å². The highest BCUT2D eigenvalue weighted by Gasteiger charge is 2.15. The Labute approximate surface area is 114 Å². The highest BCUT2D eigenvalue weighted by Crippen LogP contribution is 2.15. The molecule has 1 aromatic rings. The van der Waals surface area contributed by atoms with Crippen molar-refractivity contribution in [2.24, 2.45) is 0 Å². The molecule has 0 heterocycles. The van der Waals surface area contributed by atoms with Gasteiger partial charge in [0.25, 0.3) is 0 Å². The molecule has 1 unspecified atom stereocenters. The minimum Gasteiger partial charge on any atom is -0.399 e. The lowest BCUT2D eigenvalue weighted by molar-refractivity contribution is 0.0698. The van der Waals surface area contributed by atoms with Crippen molar-refractivity contribution in [2.75, 3.05) is 39.7 Å². The van der Waals surface area contributed by atoms with Crippen molar-refractivity contribution in [3.63, 3.8) is 0 Å². The highest BCUT2D eigenvalue weighted by molar-refractivity contribution is 5.40. The first-order chi connectivity index (χ1) is 9.08. The molecule has 0 spiro atoms. The molecule has 0 aliphatic carbocycles. The molecule has 19 heavy (non-hydrogen) atoms. The van der Waals surface area contributed by atoms with E-state index in [0.29, 0.717) is 31.0 Å². The molecular weight excluding hydrogens is 247 g/mol. The first-order valence-corrected chi connectivity index (χ1v) is 6.34. The first-order valence-electron chi connectivity index (χ1n) is 6.34. The summed E-state index contributed by atoms with van der Waals surface area (Å²) in [4.78, 5) is 2.13. The van der Waals surface area contributed by atoms with Crippen LogP contribution in [0.3, 0.4) is 0 Å². The van der Waals surface area contributed by atoms with Crippen LogP contribution in [0.2, 0.25) is 0 Å². The van der Waals surface area contributed by atoms with E-state index in [1.807, 2.05) is 6.92 Å². The Bertz CT molecular complexity index is 388. The van der Waals surface area contributed by atoms with Crippen molar-refractivity contribution >= 4 is 5.69 Å². The molecule has 2 N–H and O–H groups in total. The van der Waals surface area contributed by atoms with E-state index in [1.54, 1.807) is 26.4 Å². The van der Waals surface area contributed by atoms with E-state index in [2.05, 4.69) is 4.90 Å². The Morgan fingerprint density at radius 3 is 2.63 bits per heavy atom. The van der Waals surface area contributed by atoms with E-state index in [0.717, 1.165) is 6.54 Å². The number of halogens is 1. The Kier molecular flexibility index (Phi) is 6.77. The zero-order chi connectivity index (χ0) is 14.3. The van der Waals surface area contributed by atoms with Gasteiger partial charge >= 0.3 is 0 Å². The van der Waals surface area contributed by atoms with Gasteiger partial charge in [-0.15, -0.1) is 0 Å². The van der Waals surface area contributed by atoms with Gasteiger partial charge in [0.15, 0.2) is 0 Å². The molecule has 108 valence electrons. The topological polar surface area (TPSA) is 47.7 Å². The fourth-order valence-electron chi connectivity index (χ4n) is 1.92. The lowest BCUT2D eigenvalue weighted by atomic mass is 10.1. The summed E-state index contributed by atoms with van der Waals surface area (Å²) < 4.78 is 24.1. The molecule has 1 aromatic carbocycles. The van der Waals surface area contributed by atoms with Crippen molar-refractivity contribution in [1.29, 1.82) is 0 Å². The monoisotopic (exact) mass is 270 g/mol. The number of benzene rings is 1. The second kappa shape index (κ2) is 8.09. The smallest absolute Gasteiger partial charge is 0.129 e. The Morgan fingerprint density at radius 1 is 1.32 bits per heavy atom. The molecule has 0 amide bonds. The number of ether oxygens (including phenoxy) is 2. The third kappa shape index (κ3) is 5.14. The normalized spacial score (nSPS) is 12.9. The van der Waals surface area contributed by atoms with Crippen LogP contribution in [0.1, 0.15) is 12.5 Å². The van der Waals surface area contributed by atoms with E-state index in [9.17, 15) is 4.39 Å². The van der Waals surface area contributed by atoms with E-state index in [-0.39, 0.29) is 11.9 Å². The average Bonchev–Trinajstić information content (AvgIpc) is 2.37. The van der Waals surface area contributed by atoms with Crippen molar-refractivity contribution in [3.8, 4) is 0 Å². The maximum atomic E-state index is 13.8. The van der Waals surface area contributed by atoms with Crippen molar-refractivity contribution < 1.29 is 13.9 Å². The van der Waals surface area contributed by atoms with Gasteiger partial charge in [-0.3, -0.25) is 4.90 Å². The summed E-state index contributed by atoms with van der Waals surface area (Å²) >= 11 is 0. The minimum absolute atomic E-state index is 0.192. The maximum Gasteiger partial charge on any atom is 0.129 e. The summed E-state index contributed by atoms with van der Waals surface area (Å²) in [5.41, 5.74) is 6.62. The van der Waals surface area contributed by atoms with E-state index < -0.39 is 0 Å². The van der Waals surface area contributed by atoms with Gasteiger partial charge in [0, 0.05) is 44.6 Å². The summed E-state index contributed by atoms with van der Waals surface area (Å²) in [6.07, 6.45) is 0. The van der Waals surface area contributed by atoms with Gasteiger partial charge < -0.3 is 15.2 Å². The second-order valence-corrected chi connectivity index (χ2v) is 4.62. The number of hydrogen-bond donors (Lipinski definition) is 1. The number of nitrogens with two attached hydrogens (primary N) is 1. The van der Waals surface area contributed by atoms with E-state index in [4.69, 9.17) is 15.2 Å². The van der Waals surface area contributed by atoms with Gasteiger partial charge in [0.1, 0.15) is 5.82 Å². The van der Waals surface area contributed by atoms with E-state index >= 15 is 0 Å². The fourth-order valence-corrected chi connectivity index (χ4v) is 1.92. The molecule has 1 rings (SSSR count). The SMILES string of the molecule is COCCN(Cc1ccc(N)cc1F)C(C)COC. The number of hydrogen-bond acceptors (Lipinski definition) is 4. The minimum atomic E-state index is -0.271. The summed E-state index contributed by atoms with van der Waals surface area (Å²) in [6.45, 7) is 4.49. The molecule has 4 nitrogen and oxygen atoms in total. The lowest BCUT2D eigenvalue weighted by Gasteiger charge is -2.28. The van der Waals surface area contributed by atoms with Crippen molar-refractivity contribution in [2.45, 2.75) is 19.5 Å². The van der Waals surface area contributed by atoms with Crippen LogP contribution < -0.4 is 5.73 Å². The van der Waals surface area contributed by atoms with Crippen LogP contribution in [-0.2, 0) is 16.0 Å². The maximum absolute atomic E-state index is 13.8. The summed E-state index contributed by atoms with van der Waals surface area (Å²) in [5, 5.41) is 0. The molecule has 0 saturated heterocycles. The molecule has 0 bridgehead atoms. The molecule has 5 heteroatoms. The first kappa shape index (κ1) is 15.9. The molecule has 0 aliphatic rings. The molecule has 0 aliphatic heterocycles. The van der Waals surface area contributed by atoms with Gasteiger partial charge in [-0.2, -0.15) is 0 Å². The van der Waals surface area contributed by atoms with Gasteiger partial charge in [-0.05, 0) is 19.1 Å².